The van der Waals surface area contributed by atoms with Gasteiger partial charge in [-0.25, -0.2) is 9.97 Å². The molecule has 7 N–H and O–H groups in total. The lowest BCUT2D eigenvalue weighted by molar-refractivity contribution is 0.100. The number of fused-ring (bicyclic) bond motifs is 1. The number of aromatic nitrogens is 3. The van der Waals surface area contributed by atoms with Crippen LogP contribution in [0.4, 0.5) is 11.6 Å². The maximum Gasteiger partial charge on any atom is 0.254 e. The lowest BCUT2D eigenvalue weighted by atomic mass is 10.1. The third kappa shape index (κ3) is 2.67. The van der Waals surface area contributed by atoms with Crippen LogP contribution < -0.4 is 17.2 Å². The largest absolute Gasteiger partial charge is 0.508 e. The Morgan fingerprint density at radius 1 is 1.11 bits per heavy atom. The number of hydrogen-bond donors (Lipinski definition) is 4. The molecule has 0 unspecified atom stereocenters. The number of carbonyl (C=O) groups excluding carboxylic acids is 1. The molecule has 1 aromatic carbocycles. The van der Waals surface area contributed by atoms with Crippen molar-refractivity contribution in [1.29, 1.82) is 0 Å². The zero-order valence-electron chi connectivity index (χ0n) is 15.0. The van der Waals surface area contributed by atoms with Gasteiger partial charge in [0.15, 0.2) is 0 Å². The number of pyridine rings is 2. The van der Waals surface area contributed by atoms with Crippen molar-refractivity contribution in [3.8, 4) is 22.7 Å². The second-order valence-electron chi connectivity index (χ2n) is 6.46. The number of carbonyl (C=O) groups is 1. The van der Waals surface area contributed by atoms with Crippen LogP contribution in [0.25, 0.3) is 28.0 Å². The van der Waals surface area contributed by atoms with E-state index in [1.165, 1.54) is 0 Å². The fourth-order valence-electron chi connectivity index (χ4n) is 3.29. The molecular weight excluding hydrogens is 356 g/mol. The monoisotopic (exact) mass is 374 g/mol. The van der Waals surface area contributed by atoms with E-state index >= 15 is 0 Å². The number of rotatable bonds is 3. The number of primary amides is 1. The highest BCUT2D eigenvalue weighted by atomic mass is 16.3. The van der Waals surface area contributed by atoms with Crippen molar-refractivity contribution in [3.05, 3.63) is 59.8 Å². The SMILES string of the molecule is Cc1ccc(O)cc1-n1c(N)c(C(N)=O)c2nc(-c3ccnc(N)c3)ccc21. The normalized spacial score (nSPS) is 11.0. The van der Waals surface area contributed by atoms with Crippen molar-refractivity contribution in [3.63, 3.8) is 0 Å². The third-order valence-electron chi connectivity index (χ3n) is 4.61. The predicted octanol–water partition coefficient (Wildman–Crippen LogP) is 2.36. The zero-order chi connectivity index (χ0) is 20.0. The summed E-state index contributed by atoms with van der Waals surface area (Å²) in [6, 6.07) is 12.0. The first kappa shape index (κ1) is 17.3. The lowest BCUT2D eigenvalue weighted by Gasteiger charge is -2.12. The number of hydrogen-bond acceptors (Lipinski definition) is 6. The van der Waals surface area contributed by atoms with Crippen LogP contribution in [0.1, 0.15) is 15.9 Å². The maximum atomic E-state index is 12.1. The molecule has 0 bridgehead atoms. The van der Waals surface area contributed by atoms with Gasteiger partial charge >= 0.3 is 0 Å². The minimum absolute atomic E-state index is 0.0827. The molecule has 0 aliphatic rings. The molecular formula is C20H18N6O2. The highest BCUT2D eigenvalue weighted by molar-refractivity contribution is 6.10. The average molecular weight is 374 g/mol. The number of aromatic hydroxyl groups is 1. The summed E-state index contributed by atoms with van der Waals surface area (Å²) in [5.74, 6) is -0.0747. The molecule has 4 rings (SSSR count). The lowest BCUT2D eigenvalue weighted by Crippen LogP contribution is -2.14. The number of nitrogen functional groups attached to an aromatic ring is 2. The number of phenols is 1. The van der Waals surface area contributed by atoms with E-state index in [2.05, 4.69) is 9.97 Å². The summed E-state index contributed by atoms with van der Waals surface area (Å²) >= 11 is 0. The summed E-state index contributed by atoms with van der Waals surface area (Å²) in [5.41, 5.74) is 21.6. The van der Waals surface area contributed by atoms with Crippen LogP contribution in [0, 0.1) is 6.92 Å². The van der Waals surface area contributed by atoms with Gasteiger partial charge in [0.05, 0.1) is 16.9 Å². The molecule has 3 heterocycles. The second kappa shape index (κ2) is 6.27. The number of phenolic OH excluding ortho intramolecular Hbond substituents is 1. The topological polar surface area (TPSA) is 146 Å². The Morgan fingerprint density at radius 3 is 2.61 bits per heavy atom. The zero-order valence-corrected chi connectivity index (χ0v) is 15.0. The van der Waals surface area contributed by atoms with Gasteiger partial charge in [0.1, 0.15) is 28.5 Å². The first-order chi connectivity index (χ1) is 13.4. The van der Waals surface area contributed by atoms with Crippen LogP contribution in [0.15, 0.2) is 48.7 Å². The number of nitrogens with two attached hydrogens (primary N) is 3. The second-order valence-corrected chi connectivity index (χ2v) is 6.46. The smallest absolute Gasteiger partial charge is 0.254 e. The Labute approximate surface area is 160 Å². The van der Waals surface area contributed by atoms with E-state index < -0.39 is 5.91 Å². The summed E-state index contributed by atoms with van der Waals surface area (Å²) in [4.78, 5) is 20.7. The fourth-order valence-corrected chi connectivity index (χ4v) is 3.29. The Hall–Kier alpha value is -4.07. The molecule has 28 heavy (non-hydrogen) atoms. The quantitative estimate of drug-likeness (QED) is 0.433. The van der Waals surface area contributed by atoms with Gasteiger partial charge in [-0.1, -0.05) is 6.07 Å². The van der Waals surface area contributed by atoms with Gasteiger partial charge in [-0.2, -0.15) is 0 Å². The van der Waals surface area contributed by atoms with Crippen molar-refractivity contribution >= 4 is 28.6 Å². The Bertz CT molecular complexity index is 1250. The number of anilines is 2. The van der Waals surface area contributed by atoms with Gasteiger partial charge in [-0.3, -0.25) is 9.36 Å². The fraction of sp³-hybridized carbons (Fsp3) is 0.0500. The number of amides is 1. The number of aryl methyl sites for hydroxylation is 1. The van der Waals surface area contributed by atoms with E-state index in [1.54, 1.807) is 53.2 Å². The summed E-state index contributed by atoms with van der Waals surface area (Å²) in [7, 11) is 0. The van der Waals surface area contributed by atoms with Gasteiger partial charge in [-0.05, 0) is 42.8 Å². The van der Waals surface area contributed by atoms with E-state index in [0.717, 1.165) is 11.1 Å². The highest BCUT2D eigenvalue weighted by Gasteiger charge is 2.23. The minimum Gasteiger partial charge on any atom is -0.508 e. The van der Waals surface area contributed by atoms with Crippen molar-refractivity contribution in [2.75, 3.05) is 11.5 Å². The molecule has 0 radical (unpaired) electrons. The molecule has 0 spiro atoms. The van der Waals surface area contributed by atoms with Gasteiger partial charge in [-0.15, -0.1) is 0 Å². The highest BCUT2D eigenvalue weighted by Crippen LogP contribution is 2.34. The minimum atomic E-state index is -0.682. The summed E-state index contributed by atoms with van der Waals surface area (Å²) in [6.07, 6.45) is 1.58. The predicted molar refractivity (Wildman–Crippen MR) is 108 cm³/mol. The molecule has 0 atom stereocenters. The van der Waals surface area contributed by atoms with Crippen LogP contribution in [0.3, 0.4) is 0 Å². The Morgan fingerprint density at radius 2 is 1.89 bits per heavy atom. The Balaban J connectivity index is 2.04. The molecule has 3 aromatic heterocycles. The van der Waals surface area contributed by atoms with Crippen molar-refractivity contribution in [1.82, 2.24) is 14.5 Å². The van der Waals surface area contributed by atoms with E-state index in [-0.39, 0.29) is 17.1 Å². The molecule has 0 aliphatic carbocycles. The van der Waals surface area contributed by atoms with Gasteiger partial charge < -0.3 is 22.3 Å². The van der Waals surface area contributed by atoms with Crippen molar-refractivity contribution in [2.24, 2.45) is 5.73 Å². The summed E-state index contributed by atoms with van der Waals surface area (Å²) in [6.45, 7) is 1.88. The standard InChI is InChI=1S/C20H18N6O2/c1-10-2-3-12(27)9-15(10)26-14-5-4-13(11-6-7-24-16(21)8-11)25-18(14)17(19(26)22)20(23)28/h2-9,27H,22H2,1H3,(H2,21,24)(H2,23,28). The van der Waals surface area contributed by atoms with Crippen molar-refractivity contribution in [2.45, 2.75) is 6.92 Å². The molecule has 1 amide bonds. The molecule has 8 nitrogen and oxygen atoms in total. The van der Waals surface area contributed by atoms with Crippen molar-refractivity contribution < 1.29 is 9.90 Å². The van der Waals surface area contributed by atoms with Crippen LogP contribution >= 0.6 is 0 Å². The third-order valence-corrected chi connectivity index (χ3v) is 4.61. The van der Waals surface area contributed by atoms with Gasteiger partial charge in [0, 0.05) is 17.8 Å². The summed E-state index contributed by atoms with van der Waals surface area (Å²) in [5, 5.41) is 9.92. The Kier molecular flexibility index (Phi) is 3.89. The number of benzene rings is 1. The average Bonchev–Trinajstić information content (AvgIpc) is 2.94. The number of nitrogens with zero attached hydrogens (tertiary/aromatic N) is 3. The van der Waals surface area contributed by atoms with Crippen LogP contribution in [-0.2, 0) is 0 Å². The summed E-state index contributed by atoms with van der Waals surface area (Å²) < 4.78 is 1.67. The molecule has 0 saturated heterocycles. The van der Waals surface area contributed by atoms with E-state index in [9.17, 15) is 9.90 Å². The van der Waals surface area contributed by atoms with E-state index in [0.29, 0.717) is 28.2 Å². The van der Waals surface area contributed by atoms with E-state index in [4.69, 9.17) is 17.2 Å². The molecule has 8 heteroatoms. The first-order valence-electron chi connectivity index (χ1n) is 8.49. The molecule has 140 valence electrons. The molecule has 0 saturated carbocycles. The van der Waals surface area contributed by atoms with Gasteiger partial charge in [0.2, 0.25) is 0 Å². The van der Waals surface area contributed by atoms with Crippen LogP contribution in [0.2, 0.25) is 0 Å². The molecule has 4 aromatic rings. The van der Waals surface area contributed by atoms with E-state index in [1.807, 2.05) is 6.92 Å². The first-order valence-corrected chi connectivity index (χ1v) is 8.49. The maximum absolute atomic E-state index is 12.1. The van der Waals surface area contributed by atoms with Crippen LogP contribution in [0.5, 0.6) is 5.75 Å². The molecule has 0 aliphatic heterocycles. The van der Waals surface area contributed by atoms with Crippen LogP contribution in [-0.4, -0.2) is 25.5 Å². The van der Waals surface area contributed by atoms with Gasteiger partial charge in [0.25, 0.3) is 5.91 Å². The molecule has 0 fully saturated rings.